The zero-order chi connectivity index (χ0) is 21.6. The van der Waals surface area contributed by atoms with Crippen LogP contribution in [0.2, 0.25) is 0 Å². The first-order chi connectivity index (χ1) is 14.9. The number of carbonyl (C=O) groups excluding carboxylic acids is 1. The second-order valence-corrected chi connectivity index (χ2v) is 6.46. The highest BCUT2D eigenvalue weighted by Gasteiger charge is 2.36. The fourth-order valence-electron chi connectivity index (χ4n) is 3.03. The van der Waals surface area contributed by atoms with Gasteiger partial charge in [-0.15, -0.1) is 5.10 Å². The predicted molar refractivity (Wildman–Crippen MR) is 98.9 cm³/mol. The van der Waals surface area contributed by atoms with Gasteiger partial charge in [0.15, 0.2) is 23.0 Å². The van der Waals surface area contributed by atoms with E-state index in [0.29, 0.717) is 34.9 Å². The first-order valence-electron chi connectivity index (χ1n) is 8.98. The molecule has 0 bridgehead atoms. The summed E-state index contributed by atoms with van der Waals surface area (Å²) in [6.07, 6.45) is -3.45. The van der Waals surface area contributed by atoms with E-state index in [4.69, 9.17) is 13.9 Å². The highest BCUT2D eigenvalue weighted by Crippen LogP contribution is 2.33. The number of fused-ring (bicyclic) bond motifs is 2. The van der Waals surface area contributed by atoms with E-state index in [2.05, 4.69) is 20.4 Å². The molecule has 0 aliphatic carbocycles. The molecule has 0 spiro atoms. The molecule has 9 nitrogen and oxygen atoms in total. The fourth-order valence-corrected chi connectivity index (χ4v) is 3.03. The van der Waals surface area contributed by atoms with Gasteiger partial charge in [0.25, 0.3) is 11.7 Å². The van der Waals surface area contributed by atoms with Crippen LogP contribution in [0, 0.1) is 0 Å². The summed E-state index contributed by atoms with van der Waals surface area (Å²) >= 11 is 0. The predicted octanol–water partition coefficient (Wildman–Crippen LogP) is 3.43. The number of hydrogen-bond acceptors (Lipinski definition) is 7. The van der Waals surface area contributed by atoms with Crippen molar-refractivity contribution < 1.29 is 31.9 Å². The maximum Gasteiger partial charge on any atom is 0.433 e. The summed E-state index contributed by atoms with van der Waals surface area (Å²) in [4.78, 5) is 20.5. The van der Waals surface area contributed by atoms with Crippen LogP contribution >= 0.6 is 0 Å². The summed E-state index contributed by atoms with van der Waals surface area (Å²) in [7, 11) is 0. The lowest BCUT2D eigenvalue weighted by molar-refractivity contribution is -0.142. The van der Waals surface area contributed by atoms with Gasteiger partial charge < -0.3 is 19.2 Å². The molecule has 0 saturated heterocycles. The maximum absolute atomic E-state index is 13.6. The van der Waals surface area contributed by atoms with E-state index in [9.17, 15) is 18.0 Å². The minimum absolute atomic E-state index is 0.0870. The molecule has 158 valence electrons. The van der Waals surface area contributed by atoms with Crippen molar-refractivity contribution in [2.45, 2.75) is 6.18 Å². The van der Waals surface area contributed by atoms with Crippen molar-refractivity contribution in [3.63, 3.8) is 0 Å². The van der Waals surface area contributed by atoms with Gasteiger partial charge >= 0.3 is 6.18 Å². The minimum atomic E-state index is -4.76. The van der Waals surface area contributed by atoms with E-state index < -0.39 is 29.4 Å². The topological polar surface area (TPSA) is 104 Å². The van der Waals surface area contributed by atoms with Crippen LogP contribution in [-0.4, -0.2) is 38.7 Å². The lowest BCUT2D eigenvalue weighted by atomic mass is 10.2. The molecule has 31 heavy (non-hydrogen) atoms. The highest BCUT2D eigenvalue weighted by atomic mass is 19.4. The number of furan rings is 1. The Morgan fingerprint density at radius 3 is 2.61 bits per heavy atom. The van der Waals surface area contributed by atoms with Crippen molar-refractivity contribution in [2.24, 2.45) is 0 Å². The molecule has 0 fully saturated rings. The molecule has 1 aliphatic heterocycles. The first-order valence-corrected chi connectivity index (χ1v) is 8.98. The van der Waals surface area contributed by atoms with Crippen molar-refractivity contribution in [1.29, 1.82) is 0 Å². The van der Waals surface area contributed by atoms with Gasteiger partial charge in [0, 0.05) is 11.8 Å². The van der Waals surface area contributed by atoms with Gasteiger partial charge in [0.2, 0.25) is 5.82 Å². The van der Waals surface area contributed by atoms with Crippen LogP contribution in [0.4, 0.5) is 18.9 Å². The monoisotopic (exact) mass is 431 g/mol. The SMILES string of the molecule is O=C(Nc1ccc2c(c1)OCCO2)c1nc2nc(-c3ccco3)cc(C(F)(F)F)n2n1. The second-order valence-electron chi connectivity index (χ2n) is 6.46. The molecule has 5 rings (SSSR count). The molecule has 4 aromatic rings. The molecular formula is C19H12F3N5O4. The number of anilines is 1. The molecule has 3 aromatic heterocycles. The van der Waals surface area contributed by atoms with E-state index in [1.54, 1.807) is 12.1 Å². The third-order valence-corrected chi connectivity index (χ3v) is 4.38. The Kier molecular flexibility index (Phi) is 4.27. The van der Waals surface area contributed by atoms with Gasteiger partial charge in [-0.2, -0.15) is 22.7 Å². The number of nitrogens with one attached hydrogen (secondary N) is 1. The number of carbonyl (C=O) groups is 1. The molecule has 12 heteroatoms. The second kappa shape index (κ2) is 7.00. The molecule has 0 radical (unpaired) electrons. The lowest BCUT2D eigenvalue weighted by Crippen LogP contribution is -2.17. The van der Waals surface area contributed by atoms with Crippen LogP contribution < -0.4 is 14.8 Å². The Bertz CT molecular complexity index is 1280. The normalized spacial score (nSPS) is 13.4. The van der Waals surface area contributed by atoms with Gasteiger partial charge in [-0.25, -0.2) is 4.98 Å². The van der Waals surface area contributed by atoms with Crippen LogP contribution in [0.15, 0.2) is 47.1 Å². The number of aromatic nitrogens is 4. The molecule has 1 aliphatic rings. The van der Waals surface area contributed by atoms with Crippen molar-refractivity contribution in [1.82, 2.24) is 19.6 Å². The molecule has 1 N–H and O–H groups in total. The number of ether oxygens (including phenoxy) is 2. The van der Waals surface area contributed by atoms with Crippen LogP contribution in [0.3, 0.4) is 0 Å². The van der Waals surface area contributed by atoms with Gasteiger partial charge in [0.1, 0.15) is 18.9 Å². The highest BCUT2D eigenvalue weighted by molar-refractivity contribution is 6.02. The van der Waals surface area contributed by atoms with Crippen LogP contribution in [0.25, 0.3) is 17.2 Å². The fraction of sp³-hybridized carbons (Fsp3) is 0.158. The number of benzene rings is 1. The van der Waals surface area contributed by atoms with Crippen molar-refractivity contribution in [3.8, 4) is 23.0 Å². The third-order valence-electron chi connectivity index (χ3n) is 4.38. The van der Waals surface area contributed by atoms with Gasteiger partial charge in [-0.1, -0.05) is 0 Å². The largest absolute Gasteiger partial charge is 0.486 e. The number of nitrogens with zero attached hydrogens (tertiary/aromatic N) is 4. The number of rotatable bonds is 3. The average molecular weight is 431 g/mol. The summed E-state index contributed by atoms with van der Waals surface area (Å²) in [6.45, 7) is 0.778. The van der Waals surface area contributed by atoms with Crippen molar-refractivity contribution in [2.75, 3.05) is 18.5 Å². The first kappa shape index (κ1) is 18.9. The standard InChI is InChI=1S/C19H12F3N5O4/c20-19(21,22)15-9-11(12-2-1-5-29-12)24-18-25-16(26-27(15)18)17(28)23-10-3-4-13-14(8-10)31-7-6-30-13/h1-5,8-9H,6-7H2,(H,23,28). The summed E-state index contributed by atoms with van der Waals surface area (Å²) in [5, 5.41) is 6.24. The Balaban J connectivity index is 1.51. The summed E-state index contributed by atoms with van der Waals surface area (Å²) in [6, 6.07) is 8.48. The Morgan fingerprint density at radius 2 is 1.87 bits per heavy atom. The van der Waals surface area contributed by atoms with E-state index >= 15 is 0 Å². The number of alkyl halides is 3. The van der Waals surface area contributed by atoms with Crippen LogP contribution in [0.1, 0.15) is 16.3 Å². The van der Waals surface area contributed by atoms with Gasteiger partial charge in [-0.3, -0.25) is 4.79 Å². The van der Waals surface area contributed by atoms with Crippen LogP contribution in [-0.2, 0) is 6.18 Å². The van der Waals surface area contributed by atoms with Crippen molar-refractivity contribution >= 4 is 17.4 Å². The summed E-state index contributed by atoms with van der Waals surface area (Å²) in [5.74, 6) is -0.595. The minimum Gasteiger partial charge on any atom is -0.486 e. The third kappa shape index (κ3) is 3.52. The van der Waals surface area contributed by atoms with Gasteiger partial charge in [0.05, 0.1) is 6.26 Å². The smallest absolute Gasteiger partial charge is 0.433 e. The number of halogens is 3. The Morgan fingerprint density at radius 1 is 1.06 bits per heavy atom. The number of hydrogen-bond donors (Lipinski definition) is 1. The summed E-state index contributed by atoms with van der Waals surface area (Å²) in [5.41, 5.74) is -0.890. The summed E-state index contributed by atoms with van der Waals surface area (Å²) < 4.78 is 57.2. The Labute approximate surface area is 171 Å². The lowest BCUT2D eigenvalue weighted by Gasteiger charge is -2.18. The Hall–Kier alpha value is -4.09. The average Bonchev–Trinajstić information content (AvgIpc) is 3.42. The quantitative estimate of drug-likeness (QED) is 0.530. The zero-order valence-corrected chi connectivity index (χ0v) is 15.5. The van der Waals surface area contributed by atoms with E-state index in [1.165, 1.54) is 24.5 Å². The van der Waals surface area contributed by atoms with Crippen LogP contribution in [0.5, 0.6) is 11.5 Å². The van der Waals surface area contributed by atoms with Gasteiger partial charge in [-0.05, 0) is 30.3 Å². The zero-order valence-electron chi connectivity index (χ0n) is 15.5. The van der Waals surface area contributed by atoms with E-state index in [0.717, 1.165) is 6.07 Å². The molecule has 1 aromatic carbocycles. The molecule has 0 atom stereocenters. The molecule has 0 unspecified atom stereocenters. The molecular weight excluding hydrogens is 419 g/mol. The molecule has 0 saturated carbocycles. The molecule has 1 amide bonds. The number of amides is 1. The van der Waals surface area contributed by atoms with Crippen molar-refractivity contribution in [3.05, 3.63) is 54.2 Å². The van der Waals surface area contributed by atoms with E-state index in [1.807, 2.05) is 0 Å². The molecule has 4 heterocycles. The van der Waals surface area contributed by atoms with E-state index in [-0.39, 0.29) is 11.5 Å². The maximum atomic E-state index is 13.6.